The highest BCUT2D eigenvalue weighted by Crippen LogP contribution is 2.36. The summed E-state index contributed by atoms with van der Waals surface area (Å²) in [6.45, 7) is 0. The average molecular weight is 443 g/mol. The fourth-order valence-corrected chi connectivity index (χ4v) is 3.07. The minimum absolute atomic E-state index is 0.0890. The summed E-state index contributed by atoms with van der Waals surface area (Å²) in [6, 6.07) is 6.12. The third-order valence-corrected chi connectivity index (χ3v) is 4.60. The predicted octanol–water partition coefficient (Wildman–Crippen LogP) is 4.03. The molecule has 2 amide bonds. The van der Waals surface area contributed by atoms with Crippen LogP contribution in [0, 0.1) is 0 Å². The molecule has 5 nitrogen and oxygen atoms in total. The zero-order valence-electron chi connectivity index (χ0n) is 15.6. The van der Waals surface area contributed by atoms with Crippen LogP contribution in [0.5, 0.6) is 0 Å². The molecule has 3 aromatic rings. The number of carbonyl (C=O) groups is 2. The molecular weight excluding hydrogens is 428 g/mol. The van der Waals surface area contributed by atoms with Crippen LogP contribution in [0.25, 0.3) is 10.9 Å². The maximum absolute atomic E-state index is 13.0. The highest BCUT2D eigenvalue weighted by molar-refractivity contribution is 5.98. The number of hydrogen-bond acceptors (Lipinski definition) is 2. The molecule has 0 radical (unpaired) electrons. The minimum atomic E-state index is -5.11. The molecule has 0 fully saturated rings. The van der Waals surface area contributed by atoms with Gasteiger partial charge in [0.25, 0.3) is 5.91 Å². The molecule has 0 unspecified atom stereocenters. The van der Waals surface area contributed by atoms with Crippen molar-refractivity contribution < 1.29 is 35.9 Å². The molecule has 0 aliphatic heterocycles. The summed E-state index contributed by atoms with van der Waals surface area (Å²) >= 11 is 0. The van der Waals surface area contributed by atoms with E-state index in [2.05, 4.69) is 10.3 Å². The van der Waals surface area contributed by atoms with Gasteiger partial charge in [-0.3, -0.25) is 9.59 Å². The standard InChI is InChI=1S/C20H15F6N3O2/c21-19(22,23)12-5-10(6-13(8-12)20(24,25)26)18(31)29-16(17(27)30)7-11-9-28-15-4-2-1-3-14(11)15/h1-6,8-9,16,28H,7H2,(H2,27,30)(H,29,31)/t16-/m0/s1. The lowest BCUT2D eigenvalue weighted by atomic mass is 10.0. The second-order valence-corrected chi connectivity index (χ2v) is 6.79. The first-order valence-corrected chi connectivity index (χ1v) is 8.81. The maximum Gasteiger partial charge on any atom is 0.416 e. The number of amides is 2. The van der Waals surface area contributed by atoms with Crippen molar-refractivity contribution in [2.75, 3.05) is 0 Å². The van der Waals surface area contributed by atoms with Crippen LogP contribution in [0.4, 0.5) is 26.3 Å². The van der Waals surface area contributed by atoms with Gasteiger partial charge in [-0.05, 0) is 29.8 Å². The number of H-pyrrole nitrogens is 1. The molecule has 11 heteroatoms. The van der Waals surface area contributed by atoms with E-state index >= 15 is 0 Å². The molecule has 0 aliphatic carbocycles. The van der Waals surface area contributed by atoms with Crippen molar-refractivity contribution in [1.82, 2.24) is 10.3 Å². The maximum atomic E-state index is 13.0. The Morgan fingerprint density at radius 3 is 2.10 bits per heavy atom. The van der Waals surface area contributed by atoms with Crippen molar-refractivity contribution in [1.29, 1.82) is 0 Å². The van der Waals surface area contributed by atoms with Crippen LogP contribution < -0.4 is 11.1 Å². The van der Waals surface area contributed by atoms with E-state index in [-0.39, 0.29) is 24.6 Å². The van der Waals surface area contributed by atoms with Crippen molar-refractivity contribution in [3.8, 4) is 0 Å². The molecule has 4 N–H and O–H groups in total. The third kappa shape index (κ3) is 4.98. The quantitative estimate of drug-likeness (QED) is 0.520. The van der Waals surface area contributed by atoms with E-state index in [1.807, 2.05) is 0 Å². The van der Waals surface area contributed by atoms with Crippen molar-refractivity contribution in [2.24, 2.45) is 5.73 Å². The first kappa shape index (κ1) is 22.2. The van der Waals surface area contributed by atoms with E-state index in [0.717, 1.165) is 10.9 Å². The Labute approximate surface area is 171 Å². The Morgan fingerprint density at radius 1 is 0.968 bits per heavy atom. The molecule has 1 atom stereocenters. The lowest BCUT2D eigenvalue weighted by Gasteiger charge is -2.17. The molecule has 0 aliphatic rings. The van der Waals surface area contributed by atoms with Crippen LogP contribution in [-0.2, 0) is 23.6 Å². The molecule has 2 aromatic carbocycles. The zero-order chi connectivity index (χ0) is 23.0. The van der Waals surface area contributed by atoms with Gasteiger partial charge in [-0.2, -0.15) is 26.3 Å². The molecular formula is C20H15F6N3O2. The Morgan fingerprint density at radius 2 is 1.55 bits per heavy atom. The summed E-state index contributed by atoms with van der Waals surface area (Å²) in [4.78, 5) is 27.2. The van der Waals surface area contributed by atoms with Crippen LogP contribution >= 0.6 is 0 Å². The smallest absolute Gasteiger partial charge is 0.368 e. The summed E-state index contributed by atoms with van der Waals surface area (Å²) in [6.07, 6.45) is -8.76. The number of alkyl halides is 6. The van der Waals surface area contributed by atoms with Gasteiger partial charge in [0.15, 0.2) is 0 Å². The van der Waals surface area contributed by atoms with Crippen molar-refractivity contribution in [3.63, 3.8) is 0 Å². The number of nitrogens with two attached hydrogens (primary N) is 1. The number of nitrogens with one attached hydrogen (secondary N) is 2. The van der Waals surface area contributed by atoms with E-state index < -0.39 is 46.9 Å². The molecule has 0 saturated heterocycles. The van der Waals surface area contributed by atoms with Crippen LogP contribution in [0.3, 0.4) is 0 Å². The molecule has 1 aromatic heterocycles. The SMILES string of the molecule is NC(=O)[C@H](Cc1c[nH]c2ccccc12)NC(=O)c1cc(C(F)(F)F)cc(C(F)(F)F)c1. The molecule has 0 spiro atoms. The van der Waals surface area contributed by atoms with E-state index in [1.54, 1.807) is 30.5 Å². The molecule has 164 valence electrons. The van der Waals surface area contributed by atoms with Gasteiger partial charge in [0.05, 0.1) is 11.1 Å². The number of carbonyl (C=O) groups excluding carboxylic acids is 2. The van der Waals surface area contributed by atoms with Crippen molar-refractivity contribution in [2.45, 2.75) is 24.8 Å². The third-order valence-electron chi connectivity index (χ3n) is 4.60. The summed E-state index contributed by atoms with van der Waals surface area (Å²) in [5, 5.41) is 2.85. The molecule has 3 rings (SSSR count). The number of aromatic nitrogens is 1. The Kier molecular flexibility index (Phi) is 5.70. The van der Waals surface area contributed by atoms with E-state index in [4.69, 9.17) is 5.73 Å². The van der Waals surface area contributed by atoms with Gasteiger partial charge in [0, 0.05) is 29.1 Å². The minimum Gasteiger partial charge on any atom is -0.368 e. The molecule has 1 heterocycles. The predicted molar refractivity (Wildman–Crippen MR) is 98.9 cm³/mol. The number of aromatic amines is 1. The van der Waals surface area contributed by atoms with Gasteiger partial charge < -0.3 is 16.0 Å². The first-order chi connectivity index (χ1) is 14.4. The topological polar surface area (TPSA) is 88.0 Å². The fourth-order valence-electron chi connectivity index (χ4n) is 3.07. The number of rotatable bonds is 5. The van der Waals surface area contributed by atoms with Crippen LogP contribution in [0.1, 0.15) is 27.0 Å². The number of benzene rings is 2. The molecule has 31 heavy (non-hydrogen) atoms. The second-order valence-electron chi connectivity index (χ2n) is 6.79. The van der Waals surface area contributed by atoms with Gasteiger partial charge in [0.1, 0.15) is 6.04 Å². The van der Waals surface area contributed by atoms with Crippen LogP contribution in [0.15, 0.2) is 48.7 Å². The van der Waals surface area contributed by atoms with Crippen LogP contribution in [-0.4, -0.2) is 22.8 Å². The lowest BCUT2D eigenvalue weighted by Crippen LogP contribution is -2.45. The second kappa shape index (κ2) is 7.97. The first-order valence-electron chi connectivity index (χ1n) is 8.81. The lowest BCUT2D eigenvalue weighted by molar-refractivity contribution is -0.143. The average Bonchev–Trinajstić information content (AvgIpc) is 3.08. The number of hydrogen-bond donors (Lipinski definition) is 3. The van der Waals surface area contributed by atoms with Gasteiger partial charge in [-0.1, -0.05) is 18.2 Å². The van der Waals surface area contributed by atoms with E-state index in [9.17, 15) is 35.9 Å². The summed E-state index contributed by atoms with van der Waals surface area (Å²) in [7, 11) is 0. The number of fused-ring (bicyclic) bond motifs is 1. The monoisotopic (exact) mass is 443 g/mol. The summed E-state index contributed by atoms with van der Waals surface area (Å²) < 4.78 is 78.1. The molecule has 0 saturated carbocycles. The number of halogens is 6. The van der Waals surface area contributed by atoms with Gasteiger partial charge in [-0.25, -0.2) is 0 Å². The zero-order valence-corrected chi connectivity index (χ0v) is 15.6. The highest BCUT2D eigenvalue weighted by atomic mass is 19.4. The Balaban J connectivity index is 1.91. The van der Waals surface area contributed by atoms with Gasteiger partial charge in [-0.15, -0.1) is 0 Å². The van der Waals surface area contributed by atoms with E-state index in [0.29, 0.717) is 5.56 Å². The summed E-state index contributed by atoms with van der Waals surface area (Å²) in [5.41, 5.74) is 2.44. The normalized spacial score (nSPS) is 13.2. The van der Waals surface area contributed by atoms with Gasteiger partial charge in [0.2, 0.25) is 5.91 Å². The number of primary amides is 1. The van der Waals surface area contributed by atoms with E-state index in [1.165, 1.54) is 0 Å². The Hall–Kier alpha value is -3.50. The van der Waals surface area contributed by atoms with Gasteiger partial charge >= 0.3 is 12.4 Å². The number of para-hydroxylation sites is 1. The van der Waals surface area contributed by atoms with Crippen molar-refractivity contribution >= 4 is 22.7 Å². The van der Waals surface area contributed by atoms with Crippen molar-refractivity contribution in [3.05, 3.63) is 70.9 Å². The van der Waals surface area contributed by atoms with Crippen LogP contribution in [0.2, 0.25) is 0 Å². The molecule has 0 bridgehead atoms. The highest BCUT2D eigenvalue weighted by Gasteiger charge is 2.37. The fraction of sp³-hybridized carbons (Fsp3) is 0.200. The largest absolute Gasteiger partial charge is 0.416 e. The Bertz CT molecular complexity index is 1100. The summed E-state index contributed by atoms with van der Waals surface area (Å²) in [5.74, 6) is -2.29.